The van der Waals surface area contributed by atoms with Crippen LogP contribution in [-0.2, 0) is 11.3 Å². The number of rotatable bonds is 4. The molecule has 1 aliphatic heterocycles. The van der Waals surface area contributed by atoms with E-state index in [1.807, 2.05) is 0 Å². The van der Waals surface area contributed by atoms with Gasteiger partial charge in [0.1, 0.15) is 0 Å². The monoisotopic (exact) mass is 297 g/mol. The topological polar surface area (TPSA) is 75.5 Å². The average molecular weight is 298 g/mol. The third-order valence-corrected chi connectivity index (χ3v) is 3.75. The fraction of sp³-hybridized carbons (Fsp3) is 0.462. The lowest BCUT2D eigenvalue weighted by molar-refractivity contribution is -0.384. The van der Waals surface area contributed by atoms with Gasteiger partial charge < -0.3 is 10.2 Å². The summed E-state index contributed by atoms with van der Waals surface area (Å²) in [6.07, 6.45) is 1.81. The maximum Gasteiger partial charge on any atom is 0.269 e. The highest BCUT2D eigenvalue weighted by Gasteiger charge is 2.25. The van der Waals surface area contributed by atoms with Gasteiger partial charge in [-0.05, 0) is 31.0 Å². The number of nitro groups is 1. The first kappa shape index (κ1) is 14.7. The number of likely N-dealkylation sites (N-methyl/N-ethyl adjacent to an activating group) is 1. The molecule has 6 nitrogen and oxygen atoms in total. The van der Waals surface area contributed by atoms with Crippen molar-refractivity contribution in [2.24, 2.45) is 0 Å². The molecule has 1 aliphatic rings. The lowest BCUT2D eigenvalue weighted by Gasteiger charge is -2.21. The van der Waals surface area contributed by atoms with Gasteiger partial charge in [-0.2, -0.15) is 0 Å². The molecule has 1 aromatic carbocycles. The molecule has 1 unspecified atom stereocenters. The van der Waals surface area contributed by atoms with Crippen LogP contribution in [0.5, 0.6) is 0 Å². The second kappa shape index (κ2) is 6.19. The molecule has 1 fully saturated rings. The molecule has 0 spiro atoms. The summed E-state index contributed by atoms with van der Waals surface area (Å²) in [5.41, 5.74) is 0.555. The number of carbonyl (C=O) groups excluding carboxylic acids is 1. The molecule has 1 saturated heterocycles. The molecule has 0 saturated carbocycles. The number of nitrogens with one attached hydrogen (secondary N) is 1. The first-order chi connectivity index (χ1) is 9.49. The third-order valence-electron chi connectivity index (χ3n) is 3.38. The quantitative estimate of drug-likeness (QED) is 0.681. The van der Waals surface area contributed by atoms with E-state index in [-0.39, 0.29) is 24.2 Å². The van der Waals surface area contributed by atoms with Crippen LogP contribution < -0.4 is 5.32 Å². The predicted molar refractivity (Wildman–Crippen MR) is 75.6 cm³/mol. The number of non-ortho nitro benzene ring substituents is 1. The summed E-state index contributed by atoms with van der Waals surface area (Å²) in [6.45, 7) is 1.11. The van der Waals surface area contributed by atoms with Crippen molar-refractivity contribution >= 4 is 23.2 Å². The molecule has 20 heavy (non-hydrogen) atoms. The van der Waals surface area contributed by atoms with Crippen molar-refractivity contribution in [3.05, 3.63) is 38.9 Å². The number of nitrogens with zero attached hydrogens (tertiary/aromatic N) is 2. The molecule has 0 aromatic heterocycles. The number of hydrogen-bond acceptors (Lipinski definition) is 4. The van der Waals surface area contributed by atoms with Gasteiger partial charge in [0.25, 0.3) is 5.69 Å². The van der Waals surface area contributed by atoms with Crippen LogP contribution in [0.1, 0.15) is 18.4 Å². The molecule has 1 heterocycles. The molecule has 1 atom stereocenters. The molecule has 0 aliphatic carbocycles. The Morgan fingerprint density at radius 1 is 1.60 bits per heavy atom. The first-order valence-corrected chi connectivity index (χ1v) is 6.78. The van der Waals surface area contributed by atoms with E-state index in [0.717, 1.165) is 19.4 Å². The molecular formula is C13H16ClN3O3. The smallest absolute Gasteiger partial charge is 0.269 e. The Morgan fingerprint density at radius 2 is 2.35 bits per heavy atom. The lowest BCUT2D eigenvalue weighted by Crippen LogP contribution is -2.41. The standard InChI is InChI=1S/C13H16ClN3O3/c1-16(13(18)12-3-2-6-15-12)8-9-7-10(17(19)20)4-5-11(9)14/h4-5,7,12,15H,2-3,6,8H2,1H3. The van der Waals surface area contributed by atoms with Crippen molar-refractivity contribution in [2.75, 3.05) is 13.6 Å². The van der Waals surface area contributed by atoms with Crippen molar-refractivity contribution in [1.82, 2.24) is 10.2 Å². The van der Waals surface area contributed by atoms with E-state index < -0.39 is 4.92 Å². The van der Waals surface area contributed by atoms with Gasteiger partial charge in [0.15, 0.2) is 0 Å². The Kier molecular flexibility index (Phi) is 4.57. The Morgan fingerprint density at radius 3 is 2.95 bits per heavy atom. The number of carbonyl (C=O) groups is 1. The van der Waals surface area contributed by atoms with E-state index in [1.165, 1.54) is 18.2 Å². The summed E-state index contributed by atoms with van der Waals surface area (Å²) in [5, 5.41) is 14.3. The van der Waals surface area contributed by atoms with Crippen LogP contribution >= 0.6 is 11.6 Å². The van der Waals surface area contributed by atoms with Gasteiger partial charge >= 0.3 is 0 Å². The second-order valence-electron chi connectivity index (χ2n) is 4.88. The van der Waals surface area contributed by atoms with Crippen molar-refractivity contribution in [1.29, 1.82) is 0 Å². The van der Waals surface area contributed by atoms with Crippen molar-refractivity contribution < 1.29 is 9.72 Å². The van der Waals surface area contributed by atoms with Crippen LogP contribution in [0, 0.1) is 10.1 Å². The van der Waals surface area contributed by atoms with Crippen LogP contribution in [0.4, 0.5) is 5.69 Å². The maximum absolute atomic E-state index is 12.2. The Balaban J connectivity index is 2.10. The number of hydrogen-bond donors (Lipinski definition) is 1. The number of benzene rings is 1. The summed E-state index contributed by atoms with van der Waals surface area (Å²) >= 11 is 6.03. The Bertz CT molecular complexity index is 530. The molecule has 7 heteroatoms. The van der Waals surface area contributed by atoms with Crippen molar-refractivity contribution in [2.45, 2.75) is 25.4 Å². The van der Waals surface area contributed by atoms with Crippen molar-refractivity contribution in [3.8, 4) is 0 Å². The maximum atomic E-state index is 12.2. The molecule has 2 rings (SSSR count). The molecule has 0 radical (unpaired) electrons. The highest BCUT2D eigenvalue weighted by atomic mass is 35.5. The minimum absolute atomic E-state index is 0.00919. The van der Waals surface area contributed by atoms with Crippen LogP contribution in [0.15, 0.2) is 18.2 Å². The van der Waals surface area contributed by atoms with Crippen LogP contribution in [0.25, 0.3) is 0 Å². The van der Waals surface area contributed by atoms with E-state index in [9.17, 15) is 14.9 Å². The van der Waals surface area contributed by atoms with E-state index in [1.54, 1.807) is 11.9 Å². The van der Waals surface area contributed by atoms with Crippen LogP contribution in [0.3, 0.4) is 0 Å². The zero-order valence-corrected chi connectivity index (χ0v) is 11.9. The number of nitro benzene ring substituents is 1. The summed E-state index contributed by atoms with van der Waals surface area (Å²) in [5.74, 6) is -0.00919. The van der Waals surface area contributed by atoms with E-state index >= 15 is 0 Å². The minimum atomic E-state index is -0.472. The zero-order chi connectivity index (χ0) is 14.7. The number of amides is 1. The SMILES string of the molecule is CN(Cc1cc([N+](=O)[O-])ccc1Cl)C(=O)C1CCCN1. The Hall–Kier alpha value is -1.66. The average Bonchev–Trinajstić information content (AvgIpc) is 2.94. The normalized spacial score (nSPS) is 18.0. The fourth-order valence-electron chi connectivity index (χ4n) is 2.29. The highest BCUT2D eigenvalue weighted by molar-refractivity contribution is 6.31. The van der Waals surface area contributed by atoms with Crippen LogP contribution in [-0.4, -0.2) is 35.4 Å². The zero-order valence-electron chi connectivity index (χ0n) is 11.1. The molecule has 1 amide bonds. The fourth-order valence-corrected chi connectivity index (χ4v) is 2.47. The van der Waals surface area contributed by atoms with E-state index in [2.05, 4.69) is 5.32 Å². The summed E-state index contributed by atoms with van der Waals surface area (Å²) < 4.78 is 0. The second-order valence-corrected chi connectivity index (χ2v) is 5.28. The lowest BCUT2D eigenvalue weighted by atomic mass is 10.1. The molecule has 0 bridgehead atoms. The van der Waals surface area contributed by atoms with Crippen LogP contribution in [0.2, 0.25) is 5.02 Å². The van der Waals surface area contributed by atoms with E-state index in [0.29, 0.717) is 10.6 Å². The highest BCUT2D eigenvalue weighted by Crippen LogP contribution is 2.23. The summed E-state index contributed by atoms with van der Waals surface area (Å²) in [4.78, 5) is 24.0. The predicted octanol–water partition coefficient (Wildman–Crippen LogP) is 1.96. The molecule has 1 N–H and O–H groups in total. The van der Waals surface area contributed by atoms with Gasteiger partial charge in [0, 0.05) is 30.7 Å². The molecule has 108 valence electrons. The first-order valence-electron chi connectivity index (χ1n) is 6.40. The molecular weight excluding hydrogens is 282 g/mol. The summed E-state index contributed by atoms with van der Waals surface area (Å²) in [7, 11) is 1.68. The number of halogens is 1. The van der Waals surface area contributed by atoms with Gasteiger partial charge in [0.05, 0.1) is 11.0 Å². The van der Waals surface area contributed by atoms with Gasteiger partial charge in [-0.25, -0.2) is 0 Å². The van der Waals surface area contributed by atoms with Crippen molar-refractivity contribution in [3.63, 3.8) is 0 Å². The van der Waals surface area contributed by atoms with Gasteiger partial charge in [0.2, 0.25) is 5.91 Å². The Labute approximate surface area is 121 Å². The molecule has 1 aromatic rings. The third kappa shape index (κ3) is 3.26. The minimum Gasteiger partial charge on any atom is -0.340 e. The van der Waals surface area contributed by atoms with E-state index in [4.69, 9.17) is 11.6 Å². The summed E-state index contributed by atoms with van der Waals surface area (Å²) in [6, 6.07) is 4.10. The van der Waals surface area contributed by atoms with Gasteiger partial charge in [-0.1, -0.05) is 11.6 Å². The van der Waals surface area contributed by atoms with Gasteiger partial charge in [-0.15, -0.1) is 0 Å². The van der Waals surface area contributed by atoms with Gasteiger partial charge in [-0.3, -0.25) is 14.9 Å². The largest absolute Gasteiger partial charge is 0.340 e.